The van der Waals surface area contributed by atoms with Gasteiger partial charge in [-0.1, -0.05) is 116 Å². The third-order valence-corrected chi connectivity index (χ3v) is 7.11. The van der Waals surface area contributed by atoms with E-state index in [0.717, 1.165) is 0 Å². The number of hydrogen-bond acceptors (Lipinski definition) is 1. The first-order valence-corrected chi connectivity index (χ1v) is 12.6. The van der Waals surface area contributed by atoms with E-state index in [1.54, 1.807) is 0 Å². The van der Waals surface area contributed by atoms with Gasteiger partial charge in [-0.25, -0.2) is 0 Å². The fourth-order valence-corrected chi connectivity index (χ4v) is 5.35. The van der Waals surface area contributed by atoms with Crippen LogP contribution in [0.2, 0.25) is 0 Å². The van der Waals surface area contributed by atoms with Gasteiger partial charge >= 0.3 is 0 Å². The molecule has 158 valence electrons. The van der Waals surface area contributed by atoms with Gasteiger partial charge in [-0.05, 0) is 25.7 Å². The van der Waals surface area contributed by atoms with Crippen LogP contribution in [0, 0.1) is 0 Å². The molecule has 0 saturated heterocycles. The van der Waals surface area contributed by atoms with Crippen molar-refractivity contribution in [2.45, 2.75) is 153 Å². The standard InChI is InChI=1S/C25H47NO/c27-23-26(24-19-15-11-7-3-1-4-8-12-16-20-24)25-21-17-13-9-5-2-6-10-14-18-22-25/h23-25H,1-22H2. The maximum absolute atomic E-state index is 12.2. The van der Waals surface area contributed by atoms with Crippen molar-refractivity contribution < 1.29 is 4.79 Å². The molecule has 2 heteroatoms. The van der Waals surface area contributed by atoms with E-state index in [0.29, 0.717) is 12.1 Å². The van der Waals surface area contributed by atoms with Gasteiger partial charge < -0.3 is 4.90 Å². The molecule has 0 heterocycles. The van der Waals surface area contributed by atoms with E-state index in [-0.39, 0.29) is 0 Å². The maximum Gasteiger partial charge on any atom is 0.210 e. The summed E-state index contributed by atoms with van der Waals surface area (Å²) in [5, 5.41) is 0. The van der Waals surface area contributed by atoms with Crippen molar-refractivity contribution in [3.05, 3.63) is 0 Å². The van der Waals surface area contributed by atoms with Crippen LogP contribution in [0.5, 0.6) is 0 Å². The highest BCUT2D eigenvalue weighted by Gasteiger charge is 2.24. The van der Waals surface area contributed by atoms with Gasteiger partial charge in [0.25, 0.3) is 0 Å². The number of rotatable bonds is 3. The van der Waals surface area contributed by atoms with Crippen LogP contribution in [0.25, 0.3) is 0 Å². The van der Waals surface area contributed by atoms with Crippen LogP contribution in [0.15, 0.2) is 0 Å². The summed E-state index contributed by atoms with van der Waals surface area (Å²) >= 11 is 0. The van der Waals surface area contributed by atoms with E-state index in [2.05, 4.69) is 4.90 Å². The molecule has 2 aliphatic carbocycles. The summed E-state index contributed by atoms with van der Waals surface area (Å²) in [6.07, 6.45) is 31.1. The Hall–Kier alpha value is -0.530. The highest BCUT2D eigenvalue weighted by molar-refractivity contribution is 5.48. The molecule has 2 nitrogen and oxygen atoms in total. The second kappa shape index (κ2) is 15.4. The molecule has 27 heavy (non-hydrogen) atoms. The van der Waals surface area contributed by atoms with E-state index >= 15 is 0 Å². The summed E-state index contributed by atoms with van der Waals surface area (Å²) in [5.74, 6) is 0. The molecule has 1 amide bonds. The van der Waals surface area contributed by atoms with Crippen molar-refractivity contribution in [2.75, 3.05) is 0 Å². The molecule has 2 fully saturated rings. The van der Waals surface area contributed by atoms with Crippen molar-refractivity contribution in [1.29, 1.82) is 0 Å². The molecule has 0 N–H and O–H groups in total. The molecular formula is C25H47NO. The molecule has 0 aliphatic heterocycles. The number of nitrogens with zero attached hydrogens (tertiary/aromatic N) is 1. The molecule has 0 aromatic rings. The molecule has 2 aliphatic rings. The van der Waals surface area contributed by atoms with E-state index < -0.39 is 0 Å². The number of hydrogen-bond donors (Lipinski definition) is 0. The van der Waals surface area contributed by atoms with E-state index in [1.165, 1.54) is 148 Å². The van der Waals surface area contributed by atoms with Gasteiger partial charge in [-0.3, -0.25) is 4.79 Å². The summed E-state index contributed by atoms with van der Waals surface area (Å²) in [6, 6.07) is 1.03. The van der Waals surface area contributed by atoms with Crippen LogP contribution in [0.1, 0.15) is 141 Å². The zero-order valence-corrected chi connectivity index (χ0v) is 18.1. The Bertz CT molecular complexity index is 302. The average Bonchev–Trinajstić information content (AvgIpc) is 2.65. The predicted molar refractivity (Wildman–Crippen MR) is 117 cm³/mol. The van der Waals surface area contributed by atoms with E-state index in [4.69, 9.17) is 0 Å². The Morgan fingerprint density at radius 1 is 0.407 bits per heavy atom. The van der Waals surface area contributed by atoms with Crippen LogP contribution >= 0.6 is 0 Å². The minimum Gasteiger partial charge on any atom is -0.339 e. The lowest BCUT2D eigenvalue weighted by molar-refractivity contribution is -0.123. The number of carbonyl (C=O) groups excluding carboxylic acids is 1. The van der Waals surface area contributed by atoms with Gasteiger partial charge in [0.2, 0.25) is 6.41 Å². The maximum atomic E-state index is 12.2. The van der Waals surface area contributed by atoms with Crippen molar-refractivity contribution in [2.24, 2.45) is 0 Å². The van der Waals surface area contributed by atoms with Gasteiger partial charge in [-0.15, -0.1) is 0 Å². The van der Waals surface area contributed by atoms with E-state index in [9.17, 15) is 4.79 Å². The minimum atomic E-state index is 0.514. The van der Waals surface area contributed by atoms with Gasteiger partial charge in [0.05, 0.1) is 0 Å². The molecule has 0 atom stereocenters. The lowest BCUT2D eigenvalue weighted by Gasteiger charge is -2.36. The smallest absolute Gasteiger partial charge is 0.210 e. The van der Waals surface area contributed by atoms with Crippen molar-refractivity contribution in [3.8, 4) is 0 Å². The molecule has 0 radical (unpaired) electrons. The molecule has 0 aromatic carbocycles. The molecule has 2 saturated carbocycles. The molecule has 0 bridgehead atoms. The Morgan fingerprint density at radius 3 is 0.852 bits per heavy atom. The fraction of sp³-hybridized carbons (Fsp3) is 0.960. The molecule has 0 spiro atoms. The fourth-order valence-electron chi connectivity index (χ4n) is 5.35. The molecule has 2 rings (SSSR count). The normalized spacial score (nSPS) is 24.6. The van der Waals surface area contributed by atoms with Crippen molar-refractivity contribution in [3.63, 3.8) is 0 Å². The average molecular weight is 378 g/mol. The summed E-state index contributed by atoms with van der Waals surface area (Å²) < 4.78 is 0. The Kier molecular flexibility index (Phi) is 13.0. The van der Waals surface area contributed by atoms with Crippen LogP contribution in [0.4, 0.5) is 0 Å². The predicted octanol–water partition coefficient (Wildman–Crippen LogP) is 7.79. The summed E-state index contributed by atoms with van der Waals surface area (Å²) in [5.41, 5.74) is 0. The van der Waals surface area contributed by atoms with Gasteiger partial charge in [0.1, 0.15) is 0 Å². The van der Waals surface area contributed by atoms with Crippen molar-refractivity contribution in [1.82, 2.24) is 4.90 Å². The minimum absolute atomic E-state index is 0.514. The summed E-state index contributed by atoms with van der Waals surface area (Å²) in [4.78, 5) is 14.5. The Morgan fingerprint density at radius 2 is 0.630 bits per heavy atom. The number of amides is 1. The lowest BCUT2D eigenvalue weighted by atomic mass is 9.93. The molecule has 0 aromatic heterocycles. The van der Waals surface area contributed by atoms with Gasteiger partial charge in [0, 0.05) is 12.1 Å². The number of carbonyl (C=O) groups is 1. The van der Waals surface area contributed by atoms with Gasteiger partial charge in [0.15, 0.2) is 0 Å². The van der Waals surface area contributed by atoms with E-state index in [1.807, 2.05) is 0 Å². The zero-order chi connectivity index (χ0) is 19.0. The first kappa shape index (κ1) is 22.8. The molecule has 0 unspecified atom stereocenters. The van der Waals surface area contributed by atoms with Crippen LogP contribution in [-0.4, -0.2) is 23.4 Å². The SMILES string of the molecule is O=CN(C1CCCCCCCCCCC1)C1CCCCCCCCCCC1. The summed E-state index contributed by atoms with van der Waals surface area (Å²) in [6.45, 7) is 0. The quantitative estimate of drug-likeness (QED) is 0.459. The zero-order valence-electron chi connectivity index (χ0n) is 18.1. The second-order valence-electron chi connectivity index (χ2n) is 9.38. The Balaban J connectivity index is 1.93. The topological polar surface area (TPSA) is 20.3 Å². The highest BCUT2D eigenvalue weighted by atomic mass is 16.1. The monoisotopic (exact) mass is 377 g/mol. The molecular weight excluding hydrogens is 330 g/mol. The lowest BCUT2D eigenvalue weighted by Crippen LogP contribution is -2.42. The third-order valence-electron chi connectivity index (χ3n) is 7.11. The summed E-state index contributed by atoms with van der Waals surface area (Å²) in [7, 11) is 0. The van der Waals surface area contributed by atoms with Crippen LogP contribution in [-0.2, 0) is 4.79 Å². The first-order chi connectivity index (χ1) is 13.4. The highest BCUT2D eigenvalue weighted by Crippen LogP contribution is 2.26. The first-order valence-electron chi connectivity index (χ1n) is 12.6. The van der Waals surface area contributed by atoms with Gasteiger partial charge in [-0.2, -0.15) is 0 Å². The van der Waals surface area contributed by atoms with Crippen molar-refractivity contribution >= 4 is 6.41 Å². The van der Waals surface area contributed by atoms with Crippen LogP contribution in [0.3, 0.4) is 0 Å². The van der Waals surface area contributed by atoms with Crippen LogP contribution < -0.4 is 0 Å². The second-order valence-corrected chi connectivity index (χ2v) is 9.38. The largest absolute Gasteiger partial charge is 0.339 e. The Labute approximate surface area is 169 Å². The third kappa shape index (κ3) is 9.99.